The van der Waals surface area contributed by atoms with Crippen LogP contribution in [0.2, 0.25) is 0 Å². The van der Waals surface area contributed by atoms with E-state index in [0.29, 0.717) is 6.54 Å². The molecule has 0 aromatic rings. The van der Waals surface area contributed by atoms with Crippen LogP contribution in [-0.2, 0) is 9.53 Å². The Hall–Kier alpha value is -0.0300. The Bertz CT molecular complexity index is 310. The number of nitrogens with one attached hydrogen (secondary N) is 2. The van der Waals surface area contributed by atoms with E-state index in [1.54, 1.807) is 4.90 Å². The van der Waals surface area contributed by atoms with Gasteiger partial charge >= 0.3 is 5.97 Å². The van der Waals surface area contributed by atoms with Crippen LogP contribution in [0.3, 0.4) is 0 Å². The van der Waals surface area contributed by atoms with Gasteiger partial charge in [0.05, 0.1) is 32.2 Å². The molecule has 6 heteroatoms. The molecule has 2 unspecified atom stereocenters. The summed E-state index contributed by atoms with van der Waals surface area (Å²) < 4.78 is 5.71. The van der Waals surface area contributed by atoms with E-state index in [9.17, 15) is 4.79 Å². The molecule has 0 amide bonds. The highest BCUT2D eigenvalue weighted by molar-refractivity contribution is 5.70. The van der Waals surface area contributed by atoms with E-state index >= 15 is 0 Å². The highest BCUT2D eigenvalue weighted by Crippen LogP contribution is 2.24. The van der Waals surface area contributed by atoms with Crippen LogP contribution in [0.15, 0.2) is 0 Å². The van der Waals surface area contributed by atoms with Crippen molar-refractivity contribution in [1.29, 1.82) is 0 Å². The molecule has 2 N–H and O–H groups in total. The van der Waals surface area contributed by atoms with Crippen LogP contribution >= 0.6 is 0 Å². The number of hydrogen-bond donors (Lipinski definition) is 2. The zero-order valence-corrected chi connectivity index (χ0v) is 13.7. The molecule has 3 aliphatic rings. The lowest BCUT2D eigenvalue weighted by Crippen LogP contribution is -3.15. The molecule has 3 fully saturated rings. The van der Waals surface area contributed by atoms with Gasteiger partial charge in [0.15, 0.2) is 6.54 Å². The Kier molecular flexibility index (Phi) is 7.06. The molecule has 20 heavy (non-hydrogen) atoms. The summed E-state index contributed by atoms with van der Waals surface area (Å²) >= 11 is 0. The van der Waals surface area contributed by atoms with Gasteiger partial charge in [0.1, 0.15) is 6.10 Å². The molecule has 2 bridgehead atoms. The quantitative estimate of drug-likeness (QED) is 0.506. The lowest BCUT2D eigenvalue weighted by Gasteiger charge is -2.33. The summed E-state index contributed by atoms with van der Waals surface area (Å²) in [5.74, 6) is 0.0378. The minimum absolute atomic E-state index is 0. The summed E-state index contributed by atoms with van der Waals surface area (Å²) in [4.78, 5) is 15.0. The highest BCUT2D eigenvalue weighted by atomic mass is 35.5. The van der Waals surface area contributed by atoms with Crippen LogP contribution in [0, 0.1) is 0 Å². The predicted molar refractivity (Wildman–Crippen MR) is 67.6 cm³/mol. The number of carbonyl (C=O) groups is 1. The van der Waals surface area contributed by atoms with Crippen molar-refractivity contribution in [2.24, 2.45) is 0 Å². The molecule has 0 spiro atoms. The number of halogens is 2. The van der Waals surface area contributed by atoms with Crippen molar-refractivity contribution in [2.45, 2.75) is 56.7 Å². The number of ether oxygens (including phenoxy) is 1. The van der Waals surface area contributed by atoms with E-state index in [0.717, 1.165) is 38.0 Å². The van der Waals surface area contributed by atoms with E-state index in [4.69, 9.17) is 4.74 Å². The maximum atomic E-state index is 11.9. The monoisotopic (exact) mass is 324 g/mol. The van der Waals surface area contributed by atoms with Gasteiger partial charge in [-0.05, 0) is 0 Å². The summed E-state index contributed by atoms with van der Waals surface area (Å²) in [6, 6.07) is 1.47. The van der Waals surface area contributed by atoms with Gasteiger partial charge < -0.3 is 39.4 Å². The second-order valence-electron chi connectivity index (χ2n) is 6.43. The Morgan fingerprint density at radius 1 is 1.10 bits per heavy atom. The third-order valence-corrected chi connectivity index (χ3v) is 5.25. The van der Waals surface area contributed by atoms with Crippen molar-refractivity contribution < 1.29 is 44.1 Å². The molecule has 0 aliphatic carbocycles. The fraction of sp³-hybridized carbons (Fsp3) is 0.929. The first kappa shape index (κ1) is 18.0. The summed E-state index contributed by atoms with van der Waals surface area (Å²) in [5, 5.41) is 0. The lowest BCUT2D eigenvalue weighted by atomic mass is 10.0. The molecule has 0 aromatic carbocycles. The first-order chi connectivity index (χ1) is 8.72. The van der Waals surface area contributed by atoms with Crippen LogP contribution in [0.5, 0.6) is 0 Å². The van der Waals surface area contributed by atoms with Crippen molar-refractivity contribution in [1.82, 2.24) is 0 Å². The van der Waals surface area contributed by atoms with Crippen molar-refractivity contribution >= 4 is 5.97 Å². The topological polar surface area (TPSA) is 35.2 Å². The van der Waals surface area contributed by atoms with E-state index in [-0.39, 0.29) is 36.9 Å². The number of esters is 1. The van der Waals surface area contributed by atoms with Crippen molar-refractivity contribution in [3.05, 3.63) is 0 Å². The molecule has 0 saturated carbocycles. The molecule has 3 aliphatic heterocycles. The van der Waals surface area contributed by atoms with Gasteiger partial charge in [-0.2, -0.15) is 0 Å². The van der Waals surface area contributed by atoms with Crippen molar-refractivity contribution in [2.75, 3.05) is 26.7 Å². The van der Waals surface area contributed by atoms with Gasteiger partial charge in [-0.15, -0.1) is 0 Å². The van der Waals surface area contributed by atoms with Crippen LogP contribution in [0.25, 0.3) is 0 Å². The molecule has 118 valence electrons. The SMILES string of the molecule is C[NH+]1C2CCC1CC(OC(=O)C[NH+]1CCCC1)C2.[Cl-].[Cl-]. The normalized spacial score (nSPS) is 36.0. The minimum atomic E-state index is 0. The average molecular weight is 325 g/mol. The van der Waals surface area contributed by atoms with Crippen LogP contribution < -0.4 is 34.6 Å². The second-order valence-corrected chi connectivity index (χ2v) is 6.43. The summed E-state index contributed by atoms with van der Waals surface area (Å²) in [5.41, 5.74) is 0. The number of rotatable bonds is 3. The van der Waals surface area contributed by atoms with E-state index in [1.807, 2.05) is 0 Å². The summed E-state index contributed by atoms with van der Waals surface area (Å²) in [6.07, 6.45) is 7.56. The summed E-state index contributed by atoms with van der Waals surface area (Å²) in [6.45, 7) is 2.89. The number of fused-ring (bicyclic) bond motifs is 2. The largest absolute Gasteiger partial charge is 1.00 e. The number of hydrogen-bond acceptors (Lipinski definition) is 2. The van der Waals surface area contributed by atoms with Crippen LogP contribution in [0.1, 0.15) is 38.5 Å². The Balaban J connectivity index is 0.000001000. The van der Waals surface area contributed by atoms with Crippen LogP contribution in [0.4, 0.5) is 0 Å². The summed E-state index contributed by atoms with van der Waals surface area (Å²) in [7, 11) is 2.30. The standard InChI is InChI=1S/C14H24N2O2.2ClH/c1-15-11-4-5-12(15)9-13(8-11)18-14(17)10-16-6-2-3-7-16;;/h11-13H,2-10H2,1H3;2*1H. The van der Waals surface area contributed by atoms with E-state index in [1.165, 1.54) is 30.6 Å². The molecular weight excluding hydrogens is 299 g/mol. The molecule has 0 aromatic heterocycles. The lowest BCUT2D eigenvalue weighted by molar-refractivity contribution is -0.923. The van der Waals surface area contributed by atoms with Gasteiger partial charge in [-0.1, -0.05) is 0 Å². The molecular formula is C14H26Cl2N2O2. The van der Waals surface area contributed by atoms with Gasteiger partial charge in [-0.25, -0.2) is 4.79 Å². The fourth-order valence-electron chi connectivity index (χ4n) is 4.11. The van der Waals surface area contributed by atoms with Gasteiger partial charge in [0.2, 0.25) is 0 Å². The molecule has 3 heterocycles. The number of quaternary nitrogens is 2. The number of carbonyl (C=O) groups excluding carboxylic acids is 1. The fourth-order valence-corrected chi connectivity index (χ4v) is 4.11. The zero-order chi connectivity index (χ0) is 12.5. The first-order valence-corrected chi connectivity index (χ1v) is 7.59. The molecule has 0 radical (unpaired) electrons. The molecule has 4 nitrogen and oxygen atoms in total. The predicted octanol–water partition coefficient (Wildman–Crippen LogP) is -7.58. The zero-order valence-electron chi connectivity index (χ0n) is 12.2. The Morgan fingerprint density at radius 2 is 1.65 bits per heavy atom. The maximum absolute atomic E-state index is 11.9. The third kappa shape index (κ3) is 4.00. The smallest absolute Gasteiger partial charge is 0.361 e. The second kappa shape index (κ2) is 7.83. The number of piperidine rings is 1. The van der Waals surface area contributed by atoms with Gasteiger partial charge in [0, 0.05) is 38.5 Å². The number of likely N-dealkylation sites (tertiary alicyclic amines) is 1. The van der Waals surface area contributed by atoms with Crippen molar-refractivity contribution in [3.63, 3.8) is 0 Å². The molecule has 2 atom stereocenters. The van der Waals surface area contributed by atoms with Gasteiger partial charge in [-0.3, -0.25) is 0 Å². The first-order valence-electron chi connectivity index (χ1n) is 7.59. The Labute approximate surface area is 134 Å². The van der Waals surface area contributed by atoms with E-state index < -0.39 is 0 Å². The molecule has 3 rings (SSSR count). The minimum Gasteiger partial charge on any atom is -1.00 e. The maximum Gasteiger partial charge on any atom is 0.361 e. The third-order valence-electron chi connectivity index (χ3n) is 5.25. The van der Waals surface area contributed by atoms with Crippen LogP contribution in [-0.4, -0.2) is 50.8 Å². The highest BCUT2D eigenvalue weighted by Gasteiger charge is 2.43. The van der Waals surface area contributed by atoms with E-state index in [2.05, 4.69) is 7.05 Å². The average Bonchev–Trinajstić information content (AvgIpc) is 2.87. The Morgan fingerprint density at radius 3 is 2.20 bits per heavy atom. The van der Waals surface area contributed by atoms with Gasteiger partial charge in [0.25, 0.3) is 0 Å². The van der Waals surface area contributed by atoms with Crippen molar-refractivity contribution in [3.8, 4) is 0 Å². The molecule has 3 saturated heterocycles.